The molecule has 6 nitrogen and oxygen atoms in total. The Bertz CT molecular complexity index is 916. The molecule has 0 aromatic heterocycles. The number of ether oxygens (including phenoxy) is 3. The average molecular weight is 431 g/mol. The van der Waals surface area contributed by atoms with Crippen LogP contribution in [0.4, 0.5) is 5.69 Å². The van der Waals surface area contributed by atoms with Crippen LogP contribution in [0.15, 0.2) is 42.5 Å². The average Bonchev–Trinajstić information content (AvgIpc) is 2.77. The molecule has 0 bridgehead atoms. The van der Waals surface area contributed by atoms with Crippen LogP contribution in [0, 0.1) is 0 Å². The fourth-order valence-electron chi connectivity index (χ4n) is 3.66. The number of halogens is 1. The third-order valence-corrected chi connectivity index (χ3v) is 5.36. The van der Waals surface area contributed by atoms with Crippen LogP contribution in [0.2, 0.25) is 5.02 Å². The SMILES string of the molecule is COc1ccccc1N1CCCC(NC(=O)/C=C/c2cc(Cl)c(OC)c(OC)c2)C1. The first kappa shape index (κ1) is 21.8. The van der Waals surface area contributed by atoms with Crippen molar-refractivity contribution in [3.8, 4) is 17.2 Å². The van der Waals surface area contributed by atoms with Gasteiger partial charge in [-0.25, -0.2) is 0 Å². The molecule has 3 rings (SSSR count). The molecule has 0 spiro atoms. The Balaban J connectivity index is 1.64. The number of hydrogen-bond donors (Lipinski definition) is 1. The minimum atomic E-state index is -0.146. The topological polar surface area (TPSA) is 60.0 Å². The summed E-state index contributed by atoms with van der Waals surface area (Å²) in [7, 11) is 4.75. The van der Waals surface area contributed by atoms with Gasteiger partial charge in [0.05, 0.1) is 32.0 Å². The molecule has 160 valence electrons. The molecule has 0 aliphatic carbocycles. The van der Waals surface area contributed by atoms with E-state index in [-0.39, 0.29) is 11.9 Å². The molecule has 7 heteroatoms. The first-order valence-corrected chi connectivity index (χ1v) is 10.2. The zero-order chi connectivity index (χ0) is 21.5. The zero-order valence-corrected chi connectivity index (χ0v) is 18.2. The molecule has 1 amide bonds. The molecule has 0 saturated carbocycles. The molecular formula is C23H27ClN2O4. The molecular weight excluding hydrogens is 404 g/mol. The maximum absolute atomic E-state index is 12.5. The lowest BCUT2D eigenvalue weighted by atomic mass is 10.0. The van der Waals surface area contributed by atoms with E-state index in [0.29, 0.717) is 16.5 Å². The van der Waals surface area contributed by atoms with Crippen LogP contribution in [0.3, 0.4) is 0 Å². The Labute approximate surface area is 182 Å². The zero-order valence-electron chi connectivity index (χ0n) is 17.5. The van der Waals surface area contributed by atoms with Gasteiger partial charge in [0.25, 0.3) is 0 Å². The van der Waals surface area contributed by atoms with E-state index < -0.39 is 0 Å². The van der Waals surface area contributed by atoms with Gasteiger partial charge in [-0.1, -0.05) is 23.7 Å². The minimum Gasteiger partial charge on any atom is -0.495 e. The van der Waals surface area contributed by atoms with E-state index in [1.807, 2.05) is 24.3 Å². The van der Waals surface area contributed by atoms with Crippen molar-refractivity contribution in [1.29, 1.82) is 0 Å². The van der Waals surface area contributed by atoms with Crippen molar-refractivity contribution in [2.45, 2.75) is 18.9 Å². The molecule has 1 N–H and O–H groups in total. The second kappa shape index (κ2) is 10.3. The van der Waals surface area contributed by atoms with Crippen LogP contribution in [0.1, 0.15) is 18.4 Å². The monoisotopic (exact) mass is 430 g/mol. The first-order valence-electron chi connectivity index (χ1n) is 9.83. The Kier molecular flexibility index (Phi) is 7.46. The van der Waals surface area contributed by atoms with E-state index in [0.717, 1.165) is 42.9 Å². The van der Waals surface area contributed by atoms with Gasteiger partial charge in [0.15, 0.2) is 11.5 Å². The number of rotatable bonds is 7. The Morgan fingerprint density at radius 2 is 1.90 bits per heavy atom. The van der Waals surface area contributed by atoms with Gasteiger partial charge in [-0.3, -0.25) is 4.79 Å². The maximum atomic E-state index is 12.5. The van der Waals surface area contributed by atoms with E-state index >= 15 is 0 Å². The van der Waals surface area contributed by atoms with Gasteiger partial charge in [-0.2, -0.15) is 0 Å². The summed E-state index contributed by atoms with van der Waals surface area (Å²) in [5, 5.41) is 3.52. The lowest BCUT2D eigenvalue weighted by molar-refractivity contribution is -0.117. The molecule has 1 aliphatic rings. The van der Waals surface area contributed by atoms with Crippen molar-refractivity contribution in [2.75, 3.05) is 39.3 Å². The minimum absolute atomic E-state index is 0.0646. The van der Waals surface area contributed by atoms with Gasteiger partial charge in [-0.15, -0.1) is 0 Å². The van der Waals surface area contributed by atoms with E-state index in [4.69, 9.17) is 25.8 Å². The summed E-state index contributed by atoms with van der Waals surface area (Å²) in [6.45, 7) is 1.68. The molecule has 1 atom stereocenters. The highest BCUT2D eigenvalue weighted by atomic mass is 35.5. The van der Waals surface area contributed by atoms with Crippen LogP contribution in [-0.4, -0.2) is 46.4 Å². The van der Waals surface area contributed by atoms with Crippen molar-refractivity contribution < 1.29 is 19.0 Å². The molecule has 1 fully saturated rings. The number of carbonyl (C=O) groups is 1. The number of para-hydroxylation sites is 2. The number of hydrogen-bond acceptors (Lipinski definition) is 5. The summed E-state index contributed by atoms with van der Waals surface area (Å²) < 4.78 is 16.0. The predicted octanol–water partition coefficient (Wildman–Crippen LogP) is 4.16. The Hall–Kier alpha value is -2.86. The lowest BCUT2D eigenvalue weighted by Crippen LogP contribution is -2.47. The number of methoxy groups -OCH3 is 3. The number of amides is 1. The van der Waals surface area contributed by atoms with Crippen LogP contribution in [0.25, 0.3) is 6.08 Å². The summed E-state index contributed by atoms with van der Waals surface area (Å²) in [5.74, 6) is 1.69. The third kappa shape index (κ3) is 5.19. The predicted molar refractivity (Wildman–Crippen MR) is 120 cm³/mol. The van der Waals surface area contributed by atoms with Gasteiger partial charge in [0, 0.05) is 25.2 Å². The molecule has 30 heavy (non-hydrogen) atoms. The van der Waals surface area contributed by atoms with Gasteiger partial charge in [0.1, 0.15) is 5.75 Å². The first-order chi connectivity index (χ1) is 14.5. The fourth-order valence-corrected chi connectivity index (χ4v) is 3.96. The standard InChI is InChI=1S/C23H27ClN2O4/c1-28-20-9-5-4-8-19(20)26-12-6-7-17(15-26)25-22(27)11-10-16-13-18(24)23(30-3)21(14-16)29-2/h4-5,8-11,13-14,17H,6-7,12,15H2,1-3H3,(H,25,27)/b11-10+. The normalized spacial score (nSPS) is 16.4. The van der Waals surface area contributed by atoms with E-state index in [9.17, 15) is 4.79 Å². The number of benzene rings is 2. The number of piperidine rings is 1. The van der Waals surface area contributed by atoms with E-state index in [1.54, 1.807) is 32.4 Å². The summed E-state index contributed by atoms with van der Waals surface area (Å²) in [6.07, 6.45) is 5.16. The molecule has 2 aromatic carbocycles. The van der Waals surface area contributed by atoms with Crippen molar-refractivity contribution in [1.82, 2.24) is 5.32 Å². The Morgan fingerprint density at radius 1 is 1.13 bits per heavy atom. The fraction of sp³-hybridized carbons (Fsp3) is 0.348. The largest absolute Gasteiger partial charge is 0.495 e. The molecule has 1 aliphatic heterocycles. The number of nitrogens with one attached hydrogen (secondary N) is 1. The lowest BCUT2D eigenvalue weighted by Gasteiger charge is -2.35. The molecule has 1 unspecified atom stereocenters. The van der Waals surface area contributed by atoms with Crippen molar-refractivity contribution in [3.05, 3.63) is 53.1 Å². The number of nitrogens with zero attached hydrogens (tertiary/aromatic N) is 1. The summed E-state index contributed by atoms with van der Waals surface area (Å²) in [4.78, 5) is 14.7. The molecule has 2 aromatic rings. The van der Waals surface area contributed by atoms with Crippen LogP contribution >= 0.6 is 11.6 Å². The second-order valence-electron chi connectivity index (χ2n) is 7.04. The van der Waals surface area contributed by atoms with E-state index in [2.05, 4.69) is 10.2 Å². The van der Waals surface area contributed by atoms with Gasteiger partial charge in [-0.05, 0) is 48.7 Å². The quantitative estimate of drug-likeness (QED) is 0.668. The van der Waals surface area contributed by atoms with Crippen molar-refractivity contribution in [2.24, 2.45) is 0 Å². The summed E-state index contributed by atoms with van der Waals surface area (Å²) in [5.41, 5.74) is 1.81. The number of carbonyl (C=O) groups excluding carboxylic acids is 1. The Morgan fingerprint density at radius 3 is 2.63 bits per heavy atom. The second-order valence-corrected chi connectivity index (χ2v) is 7.44. The van der Waals surface area contributed by atoms with Crippen LogP contribution < -0.4 is 24.4 Å². The van der Waals surface area contributed by atoms with Gasteiger partial charge in [0.2, 0.25) is 5.91 Å². The van der Waals surface area contributed by atoms with E-state index in [1.165, 1.54) is 13.2 Å². The van der Waals surface area contributed by atoms with Crippen molar-refractivity contribution >= 4 is 29.3 Å². The van der Waals surface area contributed by atoms with Gasteiger partial charge >= 0.3 is 0 Å². The maximum Gasteiger partial charge on any atom is 0.244 e. The van der Waals surface area contributed by atoms with Crippen LogP contribution in [-0.2, 0) is 4.79 Å². The highest BCUT2D eigenvalue weighted by Gasteiger charge is 2.22. The highest BCUT2D eigenvalue weighted by Crippen LogP contribution is 2.36. The highest BCUT2D eigenvalue weighted by molar-refractivity contribution is 6.32. The van der Waals surface area contributed by atoms with Crippen LogP contribution in [0.5, 0.6) is 17.2 Å². The molecule has 1 heterocycles. The molecule has 1 saturated heterocycles. The van der Waals surface area contributed by atoms with Crippen molar-refractivity contribution in [3.63, 3.8) is 0 Å². The smallest absolute Gasteiger partial charge is 0.244 e. The third-order valence-electron chi connectivity index (χ3n) is 5.08. The summed E-state index contributed by atoms with van der Waals surface area (Å²) >= 11 is 6.23. The summed E-state index contributed by atoms with van der Waals surface area (Å²) in [6, 6.07) is 11.5. The molecule has 0 radical (unpaired) electrons. The van der Waals surface area contributed by atoms with Gasteiger partial charge < -0.3 is 24.4 Å². The number of anilines is 1.